The van der Waals surface area contributed by atoms with Crippen LogP contribution in [-0.4, -0.2) is 9.36 Å². The Morgan fingerprint density at radius 1 is 0.900 bits per heavy atom. The van der Waals surface area contributed by atoms with Gasteiger partial charge in [-0.25, -0.2) is 0 Å². The summed E-state index contributed by atoms with van der Waals surface area (Å²) in [6.07, 6.45) is 0. The third-order valence-corrected chi connectivity index (χ3v) is 3.64. The first-order valence-corrected chi connectivity index (χ1v) is 7.06. The molecule has 4 nitrogen and oxygen atoms in total. The molecule has 0 amide bonds. The molecule has 100 valence electrons. The molecule has 0 atom stereocenters. The van der Waals surface area contributed by atoms with Gasteiger partial charge in [0.1, 0.15) is 0 Å². The number of nitrogens with two attached hydrogens (primary N) is 1. The van der Waals surface area contributed by atoms with Crippen molar-refractivity contribution >= 4 is 22.6 Å². The zero-order valence-corrected chi connectivity index (χ0v) is 11.5. The number of nitrogen functional groups attached to an aromatic ring is 1. The second-order valence-electron chi connectivity index (χ2n) is 4.36. The lowest BCUT2D eigenvalue weighted by Crippen LogP contribution is -2.12. The second kappa shape index (κ2) is 5.71. The Hall–Kier alpha value is -2.40. The van der Waals surface area contributed by atoms with Crippen LogP contribution in [0.3, 0.4) is 0 Å². The minimum Gasteiger partial charge on any atom is -0.367 e. The van der Waals surface area contributed by atoms with Gasteiger partial charge in [-0.1, -0.05) is 60.7 Å². The molecular formula is C15H14N4S. The van der Waals surface area contributed by atoms with Crippen LogP contribution in [0.5, 0.6) is 0 Å². The van der Waals surface area contributed by atoms with Crippen molar-refractivity contribution in [2.45, 2.75) is 6.04 Å². The lowest BCUT2D eigenvalue weighted by Gasteiger charge is -2.18. The fourth-order valence-corrected chi connectivity index (χ4v) is 2.59. The van der Waals surface area contributed by atoms with Gasteiger partial charge < -0.3 is 11.1 Å². The standard InChI is InChI=1S/C15H14N4S/c16-14-18-15(20-19-14)17-13(11-7-3-1-4-8-11)12-9-5-2-6-10-12/h1-10,13H,(H3,16,17,18,19). The largest absolute Gasteiger partial charge is 0.367 e. The maximum Gasteiger partial charge on any atom is 0.233 e. The molecular weight excluding hydrogens is 268 g/mol. The van der Waals surface area contributed by atoms with Gasteiger partial charge in [-0.05, 0) is 11.1 Å². The van der Waals surface area contributed by atoms with Crippen LogP contribution < -0.4 is 11.1 Å². The van der Waals surface area contributed by atoms with E-state index in [0.717, 1.165) is 5.13 Å². The monoisotopic (exact) mass is 282 g/mol. The third kappa shape index (κ3) is 2.78. The fraction of sp³-hybridized carbons (Fsp3) is 0.0667. The number of nitrogens with zero attached hydrogens (tertiary/aromatic N) is 2. The molecule has 3 rings (SSSR count). The van der Waals surface area contributed by atoms with Gasteiger partial charge in [-0.2, -0.15) is 9.36 Å². The normalized spacial score (nSPS) is 10.7. The van der Waals surface area contributed by atoms with Crippen molar-refractivity contribution < 1.29 is 0 Å². The molecule has 0 bridgehead atoms. The molecule has 1 aromatic heterocycles. The van der Waals surface area contributed by atoms with Gasteiger partial charge in [0, 0.05) is 11.5 Å². The highest BCUT2D eigenvalue weighted by atomic mass is 32.1. The Labute approximate surface area is 121 Å². The summed E-state index contributed by atoms with van der Waals surface area (Å²) in [7, 11) is 0. The molecule has 2 aromatic carbocycles. The predicted octanol–water partition coefficient (Wildman–Crippen LogP) is 3.32. The van der Waals surface area contributed by atoms with E-state index in [1.54, 1.807) is 0 Å². The summed E-state index contributed by atoms with van der Waals surface area (Å²) in [5, 5.41) is 4.12. The number of benzene rings is 2. The van der Waals surface area contributed by atoms with Crippen LogP contribution in [0.25, 0.3) is 0 Å². The molecule has 20 heavy (non-hydrogen) atoms. The molecule has 3 N–H and O–H groups in total. The first-order chi connectivity index (χ1) is 9.83. The average Bonchev–Trinajstić information content (AvgIpc) is 2.92. The van der Waals surface area contributed by atoms with Crippen LogP contribution in [0, 0.1) is 0 Å². The van der Waals surface area contributed by atoms with E-state index in [1.807, 2.05) is 36.4 Å². The lowest BCUT2D eigenvalue weighted by molar-refractivity contribution is 0.935. The topological polar surface area (TPSA) is 63.8 Å². The van der Waals surface area contributed by atoms with Crippen LogP contribution in [0.4, 0.5) is 11.1 Å². The maximum absolute atomic E-state index is 5.58. The number of nitrogens with one attached hydrogen (secondary N) is 1. The van der Waals surface area contributed by atoms with Crippen molar-refractivity contribution in [1.29, 1.82) is 0 Å². The van der Waals surface area contributed by atoms with Gasteiger partial charge in [0.2, 0.25) is 11.1 Å². The fourth-order valence-electron chi connectivity index (χ4n) is 2.07. The quantitative estimate of drug-likeness (QED) is 0.770. The number of hydrogen-bond donors (Lipinski definition) is 2. The van der Waals surface area contributed by atoms with E-state index in [0.29, 0.717) is 5.95 Å². The van der Waals surface area contributed by atoms with E-state index in [-0.39, 0.29) is 6.04 Å². The van der Waals surface area contributed by atoms with E-state index in [4.69, 9.17) is 5.73 Å². The first kappa shape index (κ1) is 12.6. The number of rotatable bonds is 4. The Bertz CT molecular complexity index is 627. The highest BCUT2D eigenvalue weighted by molar-refractivity contribution is 7.09. The van der Waals surface area contributed by atoms with Gasteiger partial charge in [0.25, 0.3) is 0 Å². The van der Waals surface area contributed by atoms with E-state index in [9.17, 15) is 0 Å². The maximum atomic E-state index is 5.58. The van der Waals surface area contributed by atoms with Gasteiger partial charge in [0.15, 0.2) is 0 Å². The molecule has 0 aliphatic rings. The SMILES string of the molecule is Nc1nsc(NC(c2ccccc2)c2ccccc2)n1. The Kier molecular flexibility index (Phi) is 3.60. The minimum absolute atomic E-state index is 0.0322. The molecule has 0 unspecified atom stereocenters. The van der Waals surface area contributed by atoms with Gasteiger partial charge in [-0.15, -0.1) is 0 Å². The van der Waals surface area contributed by atoms with Crippen LogP contribution in [0.15, 0.2) is 60.7 Å². The van der Waals surface area contributed by atoms with Crippen molar-refractivity contribution in [2.24, 2.45) is 0 Å². The Balaban J connectivity index is 1.96. The van der Waals surface area contributed by atoms with Crippen LogP contribution in [-0.2, 0) is 0 Å². The Morgan fingerprint density at radius 3 is 1.90 bits per heavy atom. The second-order valence-corrected chi connectivity index (χ2v) is 5.11. The summed E-state index contributed by atoms with van der Waals surface area (Å²) >= 11 is 1.27. The summed E-state index contributed by atoms with van der Waals surface area (Å²) in [6, 6.07) is 20.5. The van der Waals surface area contributed by atoms with Crippen molar-refractivity contribution in [3.8, 4) is 0 Å². The third-order valence-electron chi connectivity index (χ3n) is 2.98. The summed E-state index contributed by atoms with van der Waals surface area (Å²) in [4.78, 5) is 4.18. The van der Waals surface area contributed by atoms with Gasteiger partial charge in [-0.3, -0.25) is 0 Å². The lowest BCUT2D eigenvalue weighted by atomic mass is 9.99. The molecule has 0 radical (unpaired) electrons. The molecule has 0 aliphatic heterocycles. The molecule has 0 spiro atoms. The van der Waals surface area contributed by atoms with Gasteiger partial charge in [0.05, 0.1) is 6.04 Å². The zero-order valence-electron chi connectivity index (χ0n) is 10.7. The van der Waals surface area contributed by atoms with Crippen LogP contribution in [0.2, 0.25) is 0 Å². The summed E-state index contributed by atoms with van der Waals surface area (Å²) in [6.45, 7) is 0. The van der Waals surface area contributed by atoms with E-state index >= 15 is 0 Å². The Morgan fingerprint density at radius 2 is 1.45 bits per heavy atom. The summed E-state index contributed by atoms with van der Waals surface area (Å²) in [5.74, 6) is 0.303. The smallest absolute Gasteiger partial charge is 0.233 e. The molecule has 0 fully saturated rings. The molecule has 5 heteroatoms. The zero-order chi connectivity index (χ0) is 13.8. The van der Waals surface area contributed by atoms with Crippen molar-refractivity contribution in [2.75, 3.05) is 11.1 Å². The first-order valence-electron chi connectivity index (χ1n) is 6.28. The van der Waals surface area contributed by atoms with Crippen molar-refractivity contribution in [3.63, 3.8) is 0 Å². The summed E-state index contributed by atoms with van der Waals surface area (Å²) in [5.41, 5.74) is 7.93. The highest BCUT2D eigenvalue weighted by Gasteiger charge is 2.15. The number of anilines is 2. The molecule has 0 aliphatic carbocycles. The van der Waals surface area contributed by atoms with E-state index < -0.39 is 0 Å². The van der Waals surface area contributed by atoms with Crippen LogP contribution >= 0.6 is 11.5 Å². The molecule has 3 aromatic rings. The molecule has 0 saturated heterocycles. The predicted molar refractivity (Wildman–Crippen MR) is 82.7 cm³/mol. The number of aromatic nitrogens is 2. The average molecular weight is 282 g/mol. The minimum atomic E-state index is 0.0322. The van der Waals surface area contributed by atoms with E-state index in [1.165, 1.54) is 22.7 Å². The number of hydrogen-bond acceptors (Lipinski definition) is 5. The van der Waals surface area contributed by atoms with Crippen molar-refractivity contribution in [1.82, 2.24) is 9.36 Å². The molecule has 0 saturated carbocycles. The van der Waals surface area contributed by atoms with Gasteiger partial charge >= 0.3 is 0 Å². The van der Waals surface area contributed by atoms with E-state index in [2.05, 4.69) is 38.9 Å². The summed E-state index contributed by atoms with van der Waals surface area (Å²) < 4.78 is 4.00. The highest BCUT2D eigenvalue weighted by Crippen LogP contribution is 2.27. The van der Waals surface area contributed by atoms with Crippen molar-refractivity contribution in [3.05, 3.63) is 71.8 Å². The molecule has 1 heterocycles. The van der Waals surface area contributed by atoms with Crippen LogP contribution in [0.1, 0.15) is 17.2 Å².